The molecule has 5 heteroatoms. The summed E-state index contributed by atoms with van der Waals surface area (Å²) < 4.78 is 0. The Morgan fingerprint density at radius 2 is 1.83 bits per heavy atom. The summed E-state index contributed by atoms with van der Waals surface area (Å²) in [6.45, 7) is 6.37. The average Bonchev–Trinajstić information content (AvgIpc) is 3.01. The molecule has 29 heavy (non-hydrogen) atoms. The molecule has 4 aliphatic carbocycles. The molecular weight excluding hydrogens is 368 g/mol. The molecule has 0 saturated heterocycles. The molecule has 1 N–H and O–H groups in total. The van der Waals surface area contributed by atoms with E-state index in [4.69, 9.17) is 5.11 Å². The van der Waals surface area contributed by atoms with E-state index in [-0.39, 0.29) is 64.7 Å². The highest BCUT2D eigenvalue weighted by Gasteiger charge is 2.66. The number of hydrogen-bond acceptors (Lipinski definition) is 4. The molecular formula is C24H34O5. The number of aliphatic carboxylic acids is 1. The van der Waals surface area contributed by atoms with E-state index >= 15 is 0 Å². The molecule has 0 unspecified atom stereocenters. The van der Waals surface area contributed by atoms with Gasteiger partial charge in [-0.2, -0.15) is 0 Å². The van der Waals surface area contributed by atoms with Crippen molar-refractivity contribution in [1.82, 2.24) is 0 Å². The van der Waals surface area contributed by atoms with Gasteiger partial charge < -0.3 is 5.11 Å². The SMILES string of the molecule is C[C@@H](CCC(=O)O)[C@@H]1CC[C@H]2[C@@H]3C(=O)C[C@H]4CC(=O)CC[C@]4(C)[C@H]3CC(=O)[C@]21C. The molecule has 4 saturated carbocycles. The van der Waals surface area contributed by atoms with E-state index in [1.807, 2.05) is 0 Å². The van der Waals surface area contributed by atoms with Crippen molar-refractivity contribution in [2.75, 3.05) is 0 Å². The van der Waals surface area contributed by atoms with E-state index in [0.717, 1.165) is 19.3 Å². The third kappa shape index (κ3) is 3.02. The molecule has 4 aliphatic rings. The van der Waals surface area contributed by atoms with Gasteiger partial charge in [-0.25, -0.2) is 0 Å². The second kappa shape index (κ2) is 7.02. The van der Waals surface area contributed by atoms with Crippen molar-refractivity contribution >= 4 is 23.3 Å². The van der Waals surface area contributed by atoms with Crippen molar-refractivity contribution < 1.29 is 24.3 Å². The maximum atomic E-state index is 13.6. The van der Waals surface area contributed by atoms with E-state index in [9.17, 15) is 19.2 Å². The number of ketones is 3. The van der Waals surface area contributed by atoms with Gasteiger partial charge in [0.1, 0.15) is 17.3 Å². The van der Waals surface area contributed by atoms with Crippen LogP contribution in [0.5, 0.6) is 0 Å². The molecule has 0 radical (unpaired) electrons. The van der Waals surface area contributed by atoms with Gasteiger partial charge >= 0.3 is 5.97 Å². The van der Waals surface area contributed by atoms with Crippen LogP contribution in [0, 0.1) is 46.3 Å². The minimum absolute atomic E-state index is 0.0659. The number of carboxylic acids is 1. The van der Waals surface area contributed by atoms with Gasteiger partial charge in [0.05, 0.1) is 0 Å². The molecule has 0 aromatic rings. The van der Waals surface area contributed by atoms with E-state index < -0.39 is 11.4 Å². The first-order valence-electron chi connectivity index (χ1n) is 11.4. The van der Waals surface area contributed by atoms with Gasteiger partial charge in [0.15, 0.2) is 0 Å². The van der Waals surface area contributed by atoms with Gasteiger partial charge in [-0.05, 0) is 60.7 Å². The van der Waals surface area contributed by atoms with Gasteiger partial charge in [-0.3, -0.25) is 19.2 Å². The lowest BCUT2D eigenvalue weighted by atomic mass is 9.44. The van der Waals surface area contributed by atoms with Crippen LogP contribution < -0.4 is 0 Å². The summed E-state index contributed by atoms with van der Waals surface area (Å²) in [6.07, 6.45) is 5.33. The number of carbonyl (C=O) groups excluding carboxylic acids is 3. The standard InChI is InChI=1S/C24H34O5/c1-13(4-7-21(28)29)16-5-6-17-22-18(12-20(27)24(16,17)3)23(2)9-8-15(25)10-14(23)11-19(22)26/h13-14,16-18,22H,4-12H2,1-3H3,(H,28,29)/t13-,14+,16-,17-,18-,22-,23-,24-/m0/s1. The minimum atomic E-state index is -0.792. The Kier molecular flexibility index (Phi) is 5.02. The smallest absolute Gasteiger partial charge is 0.303 e. The van der Waals surface area contributed by atoms with Crippen LogP contribution in [0.3, 0.4) is 0 Å². The molecule has 160 valence electrons. The van der Waals surface area contributed by atoms with Crippen LogP contribution in [-0.4, -0.2) is 28.4 Å². The first-order chi connectivity index (χ1) is 13.6. The number of carboxylic acid groups (broad SMARTS) is 1. The van der Waals surface area contributed by atoms with E-state index in [1.165, 1.54) is 0 Å². The maximum absolute atomic E-state index is 13.6. The predicted octanol–water partition coefficient (Wildman–Crippen LogP) is 4.07. The van der Waals surface area contributed by atoms with Gasteiger partial charge in [0.25, 0.3) is 0 Å². The fourth-order valence-corrected chi connectivity index (χ4v) is 7.94. The van der Waals surface area contributed by atoms with E-state index in [2.05, 4.69) is 20.8 Å². The normalized spacial score (nSPS) is 45.3. The zero-order chi connectivity index (χ0) is 21.1. The summed E-state index contributed by atoms with van der Waals surface area (Å²) in [7, 11) is 0. The summed E-state index contributed by atoms with van der Waals surface area (Å²) in [5.74, 6) is 0.524. The topological polar surface area (TPSA) is 88.5 Å². The van der Waals surface area contributed by atoms with Crippen LogP contribution >= 0.6 is 0 Å². The summed E-state index contributed by atoms with van der Waals surface area (Å²) in [4.78, 5) is 50.0. The van der Waals surface area contributed by atoms with Gasteiger partial charge in [-0.1, -0.05) is 20.8 Å². The highest BCUT2D eigenvalue weighted by Crippen LogP contribution is 2.66. The van der Waals surface area contributed by atoms with E-state index in [0.29, 0.717) is 32.1 Å². The zero-order valence-electron chi connectivity index (χ0n) is 17.9. The summed E-state index contributed by atoms with van der Waals surface area (Å²) in [6, 6.07) is 0. The third-order valence-corrected chi connectivity index (χ3v) is 9.72. The Balaban J connectivity index is 1.63. The van der Waals surface area contributed by atoms with E-state index in [1.54, 1.807) is 0 Å². The highest BCUT2D eigenvalue weighted by atomic mass is 16.4. The predicted molar refractivity (Wildman–Crippen MR) is 107 cm³/mol. The van der Waals surface area contributed by atoms with Crippen molar-refractivity contribution in [3.63, 3.8) is 0 Å². The van der Waals surface area contributed by atoms with Crippen molar-refractivity contribution in [2.45, 2.75) is 78.6 Å². The number of rotatable bonds is 4. The molecule has 5 nitrogen and oxygen atoms in total. The van der Waals surface area contributed by atoms with Crippen molar-refractivity contribution in [3.8, 4) is 0 Å². The molecule has 0 bridgehead atoms. The van der Waals surface area contributed by atoms with Crippen LogP contribution in [0.1, 0.15) is 78.6 Å². The summed E-state index contributed by atoms with van der Waals surface area (Å²) in [5.41, 5.74) is -0.598. The summed E-state index contributed by atoms with van der Waals surface area (Å²) in [5, 5.41) is 9.06. The Hall–Kier alpha value is -1.52. The maximum Gasteiger partial charge on any atom is 0.303 e. The molecule has 0 spiro atoms. The number of carbonyl (C=O) groups is 4. The number of Topliss-reactive ketones (excluding diaryl/α,β-unsaturated/α-hetero) is 3. The molecule has 0 amide bonds. The summed E-state index contributed by atoms with van der Waals surface area (Å²) >= 11 is 0. The van der Waals surface area contributed by atoms with Crippen LogP contribution in [0.25, 0.3) is 0 Å². The molecule has 8 atom stereocenters. The molecule has 0 heterocycles. The molecule has 0 aliphatic heterocycles. The van der Waals surface area contributed by atoms with Crippen molar-refractivity contribution in [2.24, 2.45) is 46.3 Å². The Morgan fingerprint density at radius 3 is 2.52 bits per heavy atom. The third-order valence-electron chi connectivity index (χ3n) is 9.72. The second-order valence-corrected chi connectivity index (χ2v) is 10.9. The molecule has 4 fully saturated rings. The highest BCUT2D eigenvalue weighted by molar-refractivity contribution is 5.93. The van der Waals surface area contributed by atoms with Crippen LogP contribution in [0.15, 0.2) is 0 Å². The monoisotopic (exact) mass is 402 g/mol. The van der Waals surface area contributed by atoms with Crippen LogP contribution in [-0.2, 0) is 19.2 Å². The largest absolute Gasteiger partial charge is 0.481 e. The molecule has 0 aromatic heterocycles. The Morgan fingerprint density at radius 1 is 1.10 bits per heavy atom. The first-order valence-corrected chi connectivity index (χ1v) is 11.4. The number of hydrogen-bond donors (Lipinski definition) is 1. The lowest BCUT2D eigenvalue weighted by Crippen LogP contribution is -2.60. The van der Waals surface area contributed by atoms with Crippen LogP contribution in [0.4, 0.5) is 0 Å². The van der Waals surface area contributed by atoms with Gasteiger partial charge in [0.2, 0.25) is 0 Å². The Labute approximate surface area is 173 Å². The Bertz CT molecular complexity index is 756. The fraction of sp³-hybridized carbons (Fsp3) is 0.833. The first kappa shape index (κ1) is 20.7. The van der Waals surface area contributed by atoms with Crippen molar-refractivity contribution in [1.29, 1.82) is 0 Å². The molecule has 4 rings (SSSR count). The quantitative estimate of drug-likeness (QED) is 0.766. The van der Waals surface area contributed by atoms with Gasteiger partial charge in [-0.15, -0.1) is 0 Å². The molecule has 0 aromatic carbocycles. The lowest BCUT2D eigenvalue weighted by molar-refractivity contribution is -0.166. The lowest BCUT2D eigenvalue weighted by Gasteiger charge is -2.58. The van der Waals surface area contributed by atoms with Gasteiger partial charge in [0, 0.05) is 43.4 Å². The fourth-order valence-electron chi connectivity index (χ4n) is 7.94. The number of fused-ring (bicyclic) bond motifs is 5. The second-order valence-electron chi connectivity index (χ2n) is 10.9. The van der Waals surface area contributed by atoms with Crippen LogP contribution in [0.2, 0.25) is 0 Å². The zero-order valence-corrected chi connectivity index (χ0v) is 17.9. The minimum Gasteiger partial charge on any atom is -0.481 e. The van der Waals surface area contributed by atoms with Crippen molar-refractivity contribution in [3.05, 3.63) is 0 Å². The average molecular weight is 403 g/mol.